The third-order valence-corrected chi connectivity index (χ3v) is 5.65. The minimum atomic E-state index is -0.0461. The molecule has 0 aliphatic rings. The summed E-state index contributed by atoms with van der Waals surface area (Å²) in [5.74, 6) is 1.78. The molecule has 0 spiro atoms. The molecule has 1 N–H and O–H groups in total. The molecule has 0 aliphatic carbocycles. The molecule has 7 heteroatoms. The van der Waals surface area contributed by atoms with Crippen LogP contribution in [-0.4, -0.2) is 33.5 Å². The molecule has 0 saturated heterocycles. The standard InChI is InChI=1S/C22H26N4O2S/c1-5-17-6-8-18(9-7-17)15(2)23-21(27)14-29-22-25-24-16(3)26(22)19-10-12-20(28-4)13-11-19/h6-13,15H,5,14H2,1-4H3,(H,23,27). The summed E-state index contributed by atoms with van der Waals surface area (Å²) in [5.41, 5.74) is 3.31. The zero-order valence-electron chi connectivity index (χ0n) is 17.2. The van der Waals surface area contributed by atoms with E-state index in [9.17, 15) is 4.79 Å². The Morgan fingerprint density at radius 2 is 1.83 bits per heavy atom. The fourth-order valence-electron chi connectivity index (χ4n) is 3.00. The van der Waals surface area contributed by atoms with E-state index < -0.39 is 0 Å². The van der Waals surface area contributed by atoms with E-state index in [1.807, 2.05) is 42.7 Å². The van der Waals surface area contributed by atoms with Gasteiger partial charge in [0.15, 0.2) is 5.16 Å². The van der Waals surface area contributed by atoms with E-state index in [-0.39, 0.29) is 17.7 Å². The van der Waals surface area contributed by atoms with Gasteiger partial charge in [-0.3, -0.25) is 9.36 Å². The summed E-state index contributed by atoms with van der Waals surface area (Å²) in [7, 11) is 1.64. The number of methoxy groups -OCH3 is 1. The lowest BCUT2D eigenvalue weighted by molar-refractivity contribution is -0.119. The predicted octanol–water partition coefficient (Wildman–Crippen LogP) is 4.12. The quantitative estimate of drug-likeness (QED) is 0.566. The lowest BCUT2D eigenvalue weighted by atomic mass is 10.1. The summed E-state index contributed by atoms with van der Waals surface area (Å²) >= 11 is 1.37. The summed E-state index contributed by atoms with van der Waals surface area (Å²) < 4.78 is 7.15. The number of nitrogens with one attached hydrogen (secondary N) is 1. The van der Waals surface area contributed by atoms with Crippen molar-refractivity contribution < 1.29 is 9.53 Å². The van der Waals surface area contributed by atoms with Gasteiger partial charge in [0.2, 0.25) is 5.91 Å². The molecule has 0 bridgehead atoms. The Morgan fingerprint density at radius 1 is 1.14 bits per heavy atom. The van der Waals surface area contributed by atoms with Crippen LogP contribution in [0.25, 0.3) is 5.69 Å². The molecule has 152 valence electrons. The fourth-order valence-corrected chi connectivity index (χ4v) is 3.81. The highest BCUT2D eigenvalue weighted by molar-refractivity contribution is 7.99. The molecule has 1 unspecified atom stereocenters. The second-order valence-electron chi connectivity index (χ2n) is 6.74. The van der Waals surface area contributed by atoms with Crippen molar-refractivity contribution in [3.05, 3.63) is 65.5 Å². The van der Waals surface area contributed by atoms with Gasteiger partial charge in [-0.25, -0.2) is 0 Å². The molecule has 1 atom stereocenters. The van der Waals surface area contributed by atoms with Crippen LogP contribution in [0.15, 0.2) is 53.7 Å². The van der Waals surface area contributed by atoms with Crippen LogP contribution < -0.4 is 10.1 Å². The van der Waals surface area contributed by atoms with Crippen LogP contribution in [-0.2, 0) is 11.2 Å². The zero-order chi connectivity index (χ0) is 20.8. The lowest BCUT2D eigenvalue weighted by Gasteiger charge is -2.15. The topological polar surface area (TPSA) is 69.0 Å². The van der Waals surface area contributed by atoms with Crippen molar-refractivity contribution in [1.29, 1.82) is 0 Å². The van der Waals surface area contributed by atoms with Gasteiger partial charge < -0.3 is 10.1 Å². The number of nitrogens with zero attached hydrogens (tertiary/aromatic N) is 3. The number of benzene rings is 2. The average Bonchev–Trinajstić information content (AvgIpc) is 3.12. The van der Waals surface area contributed by atoms with Crippen LogP contribution in [0.1, 0.15) is 36.8 Å². The van der Waals surface area contributed by atoms with Crippen molar-refractivity contribution in [1.82, 2.24) is 20.1 Å². The van der Waals surface area contributed by atoms with E-state index in [0.717, 1.165) is 29.2 Å². The number of carbonyl (C=O) groups is 1. The smallest absolute Gasteiger partial charge is 0.230 e. The van der Waals surface area contributed by atoms with E-state index in [2.05, 4.69) is 46.7 Å². The number of thioether (sulfide) groups is 1. The zero-order valence-corrected chi connectivity index (χ0v) is 18.0. The van der Waals surface area contributed by atoms with Gasteiger partial charge in [0.25, 0.3) is 0 Å². The SMILES string of the molecule is CCc1ccc(C(C)NC(=O)CSc2nnc(C)n2-c2ccc(OC)cc2)cc1. The summed E-state index contributed by atoms with van der Waals surface area (Å²) in [4.78, 5) is 12.5. The van der Waals surface area contributed by atoms with E-state index >= 15 is 0 Å². The first kappa shape index (κ1) is 20.9. The maximum Gasteiger partial charge on any atom is 0.230 e. The predicted molar refractivity (Wildman–Crippen MR) is 116 cm³/mol. The molecular formula is C22H26N4O2S. The first-order chi connectivity index (χ1) is 14.0. The molecular weight excluding hydrogens is 384 g/mol. The van der Waals surface area contributed by atoms with Crippen LogP contribution in [0, 0.1) is 6.92 Å². The maximum absolute atomic E-state index is 12.5. The van der Waals surface area contributed by atoms with Gasteiger partial charge in [0.1, 0.15) is 11.6 Å². The largest absolute Gasteiger partial charge is 0.497 e. The first-order valence-corrected chi connectivity index (χ1v) is 10.6. The van der Waals surface area contributed by atoms with Crippen LogP contribution in [0.4, 0.5) is 0 Å². The van der Waals surface area contributed by atoms with Crippen LogP contribution in [0.3, 0.4) is 0 Å². The Morgan fingerprint density at radius 3 is 2.45 bits per heavy atom. The van der Waals surface area contributed by atoms with E-state index in [1.54, 1.807) is 7.11 Å². The van der Waals surface area contributed by atoms with Crippen molar-refractivity contribution in [2.45, 2.75) is 38.4 Å². The normalized spacial score (nSPS) is 11.9. The number of aromatic nitrogens is 3. The molecule has 3 rings (SSSR count). The molecule has 0 saturated carbocycles. The van der Waals surface area contributed by atoms with Gasteiger partial charge in [-0.05, 0) is 55.7 Å². The minimum Gasteiger partial charge on any atom is -0.497 e. The molecule has 1 heterocycles. The van der Waals surface area contributed by atoms with Gasteiger partial charge >= 0.3 is 0 Å². The molecule has 1 aromatic heterocycles. The highest BCUT2D eigenvalue weighted by Crippen LogP contribution is 2.23. The second-order valence-corrected chi connectivity index (χ2v) is 7.68. The summed E-state index contributed by atoms with van der Waals surface area (Å²) in [5, 5.41) is 12.1. The van der Waals surface area contributed by atoms with Crippen LogP contribution in [0.2, 0.25) is 0 Å². The van der Waals surface area contributed by atoms with E-state index in [4.69, 9.17) is 4.74 Å². The highest BCUT2D eigenvalue weighted by atomic mass is 32.2. The number of rotatable bonds is 8. The molecule has 0 aliphatic heterocycles. The Hall–Kier alpha value is -2.80. The maximum atomic E-state index is 12.5. The minimum absolute atomic E-state index is 0.0380. The lowest BCUT2D eigenvalue weighted by Crippen LogP contribution is -2.28. The van der Waals surface area contributed by atoms with Gasteiger partial charge in [0.05, 0.1) is 18.9 Å². The van der Waals surface area contributed by atoms with Gasteiger partial charge in [-0.15, -0.1) is 10.2 Å². The third-order valence-electron chi connectivity index (χ3n) is 4.72. The van der Waals surface area contributed by atoms with Crippen molar-refractivity contribution >= 4 is 17.7 Å². The number of amides is 1. The monoisotopic (exact) mass is 410 g/mol. The van der Waals surface area contributed by atoms with Gasteiger partial charge in [0, 0.05) is 5.69 Å². The summed E-state index contributed by atoms with van der Waals surface area (Å²) in [6.07, 6.45) is 1.01. The number of carbonyl (C=O) groups excluding carboxylic acids is 1. The van der Waals surface area contributed by atoms with Crippen molar-refractivity contribution in [3.8, 4) is 11.4 Å². The Balaban J connectivity index is 1.62. The molecule has 3 aromatic rings. The van der Waals surface area contributed by atoms with E-state index in [1.165, 1.54) is 17.3 Å². The number of aryl methyl sites for hydroxylation is 2. The van der Waals surface area contributed by atoms with Crippen molar-refractivity contribution in [2.75, 3.05) is 12.9 Å². The molecule has 6 nitrogen and oxygen atoms in total. The van der Waals surface area contributed by atoms with Crippen molar-refractivity contribution in [3.63, 3.8) is 0 Å². The van der Waals surface area contributed by atoms with E-state index in [0.29, 0.717) is 5.16 Å². The molecule has 2 aromatic carbocycles. The molecule has 0 fully saturated rings. The fraction of sp³-hybridized carbons (Fsp3) is 0.318. The molecule has 0 radical (unpaired) electrons. The summed E-state index contributed by atoms with van der Waals surface area (Å²) in [6, 6.07) is 16.0. The second kappa shape index (κ2) is 9.60. The molecule has 29 heavy (non-hydrogen) atoms. The Labute approximate surface area is 175 Å². The average molecular weight is 411 g/mol. The van der Waals surface area contributed by atoms with Crippen LogP contribution in [0.5, 0.6) is 5.75 Å². The highest BCUT2D eigenvalue weighted by Gasteiger charge is 2.15. The molecule has 1 amide bonds. The van der Waals surface area contributed by atoms with Gasteiger partial charge in [-0.2, -0.15) is 0 Å². The van der Waals surface area contributed by atoms with Crippen molar-refractivity contribution in [2.24, 2.45) is 0 Å². The number of hydrogen-bond donors (Lipinski definition) is 1. The van der Waals surface area contributed by atoms with Gasteiger partial charge in [-0.1, -0.05) is 43.0 Å². The Kier molecular flexibility index (Phi) is 6.93. The number of hydrogen-bond acceptors (Lipinski definition) is 5. The third kappa shape index (κ3) is 5.17. The first-order valence-electron chi connectivity index (χ1n) is 9.59. The Bertz CT molecular complexity index is 952. The number of ether oxygens (including phenoxy) is 1. The van der Waals surface area contributed by atoms with Crippen LogP contribution >= 0.6 is 11.8 Å². The summed E-state index contributed by atoms with van der Waals surface area (Å²) in [6.45, 7) is 6.01.